The number of methoxy groups -OCH3 is 2. The van der Waals surface area contributed by atoms with Gasteiger partial charge in [0.1, 0.15) is 11.5 Å². The molecule has 1 fully saturated rings. The van der Waals surface area contributed by atoms with Crippen LogP contribution in [0.3, 0.4) is 0 Å². The summed E-state index contributed by atoms with van der Waals surface area (Å²) in [6.07, 6.45) is 1.68. The molecule has 0 radical (unpaired) electrons. The molecule has 26 heavy (non-hydrogen) atoms. The molecule has 1 heterocycles. The minimum atomic E-state index is -0.291. The number of rotatable bonds is 5. The smallest absolute Gasteiger partial charge is 0.293 e. The summed E-state index contributed by atoms with van der Waals surface area (Å²) in [5.41, 5.74) is 1.65. The first-order valence-corrected chi connectivity index (χ1v) is 9.62. The van der Waals surface area contributed by atoms with Gasteiger partial charge in [-0.05, 0) is 75.8 Å². The molecule has 1 aliphatic rings. The van der Waals surface area contributed by atoms with Gasteiger partial charge in [0.15, 0.2) is 0 Å². The van der Waals surface area contributed by atoms with Gasteiger partial charge in [0, 0.05) is 9.64 Å². The molecule has 5 nitrogen and oxygen atoms in total. The summed E-state index contributed by atoms with van der Waals surface area (Å²) in [4.78, 5) is 26.6. The van der Waals surface area contributed by atoms with Crippen LogP contribution in [0.5, 0.6) is 11.5 Å². The fraction of sp³-hybridized carbons (Fsp3) is 0.158. The van der Waals surface area contributed by atoms with Crippen molar-refractivity contribution in [2.45, 2.75) is 6.54 Å². The monoisotopic (exact) mass is 481 g/mol. The van der Waals surface area contributed by atoms with Crippen LogP contribution in [0.4, 0.5) is 4.79 Å². The van der Waals surface area contributed by atoms with E-state index < -0.39 is 0 Å². The third kappa shape index (κ3) is 4.21. The molecule has 0 N–H and O–H groups in total. The van der Waals surface area contributed by atoms with Gasteiger partial charge in [-0.3, -0.25) is 14.5 Å². The Hall–Kier alpha value is -2.00. The van der Waals surface area contributed by atoms with Gasteiger partial charge in [-0.2, -0.15) is 0 Å². The van der Waals surface area contributed by atoms with E-state index in [2.05, 4.69) is 22.6 Å². The van der Waals surface area contributed by atoms with E-state index >= 15 is 0 Å². The Morgan fingerprint density at radius 1 is 1.04 bits per heavy atom. The molecule has 0 bridgehead atoms. The van der Waals surface area contributed by atoms with Crippen LogP contribution in [0.15, 0.2) is 47.4 Å². The number of hydrogen-bond donors (Lipinski definition) is 0. The van der Waals surface area contributed by atoms with Crippen molar-refractivity contribution in [2.24, 2.45) is 0 Å². The molecule has 1 saturated heterocycles. The van der Waals surface area contributed by atoms with Gasteiger partial charge in [-0.25, -0.2) is 0 Å². The Balaban J connectivity index is 1.84. The number of ether oxygens (including phenoxy) is 2. The summed E-state index contributed by atoms with van der Waals surface area (Å²) in [7, 11) is 3.13. The SMILES string of the molecule is COc1cc(/C=C2/SC(=O)N(Cc3ccc(I)cc3)C2=O)cc(OC)c1. The average molecular weight is 481 g/mol. The van der Waals surface area contributed by atoms with Crippen molar-refractivity contribution in [1.82, 2.24) is 4.90 Å². The number of hydrogen-bond acceptors (Lipinski definition) is 5. The summed E-state index contributed by atoms with van der Waals surface area (Å²) in [6, 6.07) is 13.1. The maximum atomic E-state index is 12.7. The second-order valence-electron chi connectivity index (χ2n) is 5.54. The number of carbonyl (C=O) groups is 2. The van der Waals surface area contributed by atoms with Gasteiger partial charge in [-0.15, -0.1) is 0 Å². The molecular weight excluding hydrogens is 465 g/mol. The summed E-state index contributed by atoms with van der Waals surface area (Å²) in [5, 5.41) is -0.269. The van der Waals surface area contributed by atoms with Gasteiger partial charge < -0.3 is 9.47 Å². The fourth-order valence-corrected chi connectivity index (χ4v) is 3.67. The third-order valence-corrected chi connectivity index (χ3v) is 5.43. The summed E-state index contributed by atoms with van der Waals surface area (Å²) in [6.45, 7) is 0.264. The fourth-order valence-electron chi connectivity index (χ4n) is 2.47. The van der Waals surface area contributed by atoms with Crippen LogP contribution >= 0.6 is 34.4 Å². The van der Waals surface area contributed by atoms with E-state index in [4.69, 9.17) is 9.47 Å². The largest absolute Gasteiger partial charge is 0.497 e. The summed E-state index contributed by atoms with van der Waals surface area (Å²) < 4.78 is 11.6. The topological polar surface area (TPSA) is 55.8 Å². The Labute approximate surface area is 169 Å². The average Bonchev–Trinajstić information content (AvgIpc) is 2.90. The summed E-state index contributed by atoms with van der Waals surface area (Å²) >= 11 is 3.16. The second kappa shape index (κ2) is 8.13. The lowest BCUT2D eigenvalue weighted by molar-refractivity contribution is -0.123. The number of thioether (sulfide) groups is 1. The number of halogens is 1. The molecule has 2 amide bonds. The van der Waals surface area contributed by atoms with E-state index in [1.807, 2.05) is 24.3 Å². The van der Waals surface area contributed by atoms with Gasteiger partial charge in [0.2, 0.25) is 0 Å². The van der Waals surface area contributed by atoms with E-state index in [0.29, 0.717) is 16.4 Å². The van der Waals surface area contributed by atoms with E-state index in [9.17, 15) is 9.59 Å². The zero-order chi connectivity index (χ0) is 18.7. The number of carbonyl (C=O) groups excluding carboxylic acids is 2. The number of amides is 2. The number of nitrogens with zero attached hydrogens (tertiary/aromatic N) is 1. The number of imide groups is 1. The molecular formula is C19H16INO4S. The van der Waals surface area contributed by atoms with E-state index in [0.717, 1.165) is 26.5 Å². The van der Waals surface area contributed by atoms with E-state index in [1.54, 1.807) is 38.5 Å². The Morgan fingerprint density at radius 3 is 2.23 bits per heavy atom. The van der Waals surface area contributed by atoms with Crippen molar-refractivity contribution in [3.8, 4) is 11.5 Å². The predicted octanol–water partition coefficient (Wildman–Crippen LogP) is 4.54. The molecule has 0 aliphatic carbocycles. The number of benzene rings is 2. The van der Waals surface area contributed by atoms with Crippen LogP contribution in [-0.4, -0.2) is 30.3 Å². The van der Waals surface area contributed by atoms with Gasteiger partial charge in [0.05, 0.1) is 25.7 Å². The molecule has 0 saturated carbocycles. The predicted molar refractivity (Wildman–Crippen MR) is 110 cm³/mol. The van der Waals surface area contributed by atoms with Gasteiger partial charge in [0.25, 0.3) is 11.1 Å². The van der Waals surface area contributed by atoms with Crippen molar-refractivity contribution in [3.63, 3.8) is 0 Å². The zero-order valence-corrected chi connectivity index (χ0v) is 17.2. The maximum absolute atomic E-state index is 12.7. The molecule has 134 valence electrons. The Morgan fingerprint density at radius 2 is 1.65 bits per heavy atom. The van der Waals surface area contributed by atoms with Crippen LogP contribution < -0.4 is 9.47 Å². The maximum Gasteiger partial charge on any atom is 0.293 e. The molecule has 0 spiro atoms. The molecule has 0 atom stereocenters. The molecule has 0 aromatic heterocycles. The minimum Gasteiger partial charge on any atom is -0.497 e. The molecule has 3 rings (SSSR count). The van der Waals surface area contributed by atoms with Crippen LogP contribution in [0.1, 0.15) is 11.1 Å². The lowest BCUT2D eigenvalue weighted by Gasteiger charge is -2.12. The molecule has 2 aromatic rings. The normalized spacial score (nSPS) is 15.7. The second-order valence-corrected chi connectivity index (χ2v) is 7.78. The highest BCUT2D eigenvalue weighted by atomic mass is 127. The van der Waals surface area contributed by atoms with Crippen LogP contribution in [-0.2, 0) is 11.3 Å². The third-order valence-electron chi connectivity index (χ3n) is 3.80. The molecule has 7 heteroatoms. The van der Waals surface area contributed by atoms with Crippen LogP contribution in [0.25, 0.3) is 6.08 Å². The van der Waals surface area contributed by atoms with E-state index in [1.165, 1.54) is 4.90 Å². The van der Waals surface area contributed by atoms with E-state index in [-0.39, 0.29) is 17.7 Å². The lowest BCUT2D eigenvalue weighted by atomic mass is 10.1. The van der Waals surface area contributed by atoms with Crippen molar-refractivity contribution in [2.75, 3.05) is 14.2 Å². The van der Waals surface area contributed by atoms with Crippen molar-refractivity contribution < 1.29 is 19.1 Å². The van der Waals surface area contributed by atoms with Crippen LogP contribution in [0, 0.1) is 3.57 Å². The molecule has 0 unspecified atom stereocenters. The zero-order valence-electron chi connectivity index (χ0n) is 14.2. The van der Waals surface area contributed by atoms with Crippen molar-refractivity contribution in [3.05, 3.63) is 62.1 Å². The standard InChI is InChI=1S/C19H16INO4S/c1-24-15-7-13(8-16(10-15)25-2)9-17-18(22)21(19(23)26-17)11-12-3-5-14(20)6-4-12/h3-10H,11H2,1-2H3/b17-9+. The summed E-state index contributed by atoms with van der Waals surface area (Å²) in [5.74, 6) is 0.947. The highest BCUT2D eigenvalue weighted by Crippen LogP contribution is 2.34. The quantitative estimate of drug-likeness (QED) is 0.464. The first-order valence-electron chi connectivity index (χ1n) is 7.73. The highest BCUT2D eigenvalue weighted by Gasteiger charge is 2.35. The first kappa shape index (κ1) is 18.8. The molecule has 1 aliphatic heterocycles. The van der Waals surface area contributed by atoms with Gasteiger partial charge in [-0.1, -0.05) is 12.1 Å². The van der Waals surface area contributed by atoms with Crippen molar-refractivity contribution in [1.29, 1.82) is 0 Å². The van der Waals surface area contributed by atoms with Gasteiger partial charge >= 0.3 is 0 Å². The van der Waals surface area contributed by atoms with Crippen molar-refractivity contribution >= 4 is 51.6 Å². The minimum absolute atomic E-state index is 0.264. The highest BCUT2D eigenvalue weighted by molar-refractivity contribution is 14.1. The lowest BCUT2D eigenvalue weighted by Crippen LogP contribution is -2.27. The van der Waals surface area contributed by atoms with Crippen LogP contribution in [0.2, 0.25) is 0 Å². The molecule has 2 aromatic carbocycles. The Kier molecular flexibility index (Phi) is 5.87. The Bertz CT molecular complexity index is 857. The first-order chi connectivity index (χ1) is 12.5.